The zero-order valence-electron chi connectivity index (χ0n) is 18.4. The number of sulfonamides is 1. The van der Waals surface area contributed by atoms with Crippen LogP contribution in [0.5, 0.6) is 0 Å². The van der Waals surface area contributed by atoms with Crippen LogP contribution in [0.1, 0.15) is 34.0 Å². The van der Waals surface area contributed by atoms with Crippen molar-refractivity contribution in [3.63, 3.8) is 0 Å². The molecule has 4 nitrogen and oxygen atoms in total. The highest BCUT2D eigenvalue weighted by Crippen LogP contribution is 2.32. The second-order valence-corrected chi connectivity index (χ2v) is 10.2. The van der Waals surface area contributed by atoms with Crippen LogP contribution in [0.4, 0.5) is 0 Å². The molecular formula is C27H27NO3S. The van der Waals surface area contributed by atoms with E-state index in [9.17, 15) is 13.2 Å². The van der Waals surface area contributed by atoms with Gasteiger partial charge in [-0.3, -0.25) is 4.79 Å². The quantitative estimate of drug-likeness (QED) is 0.395. The predicted octanol–water partition coefficient (Wildman–Crippen LogP) is 5.04. The maximum atomic E-state index is 13.2. The Morgan fingerprint density at radius 1 is 0.969 bits per heavy atom. The van der Waals surface area contributed by atoms with Crippen LogP contribution in [-0.2, 0) is 16.4 Å². The Morgan fingerprint density at radius 3 is 2.31 bits per heavy atom. The molecule has 0 saturated carbocycles. The minimum absolute atomic E-state index is 0.00893. The Balaban J connectivity index is 1.59. The fraction of sp³-hybridized carbons (Fsp3) is 0.222. The van der Waals surface area contributed by atoms with Gasteiger partial charge in [0.05, 0.1) is 4.90 Å². The van der Waals surface area contributed by atoms with Gasteiger partial charge in [-0.1, -0.05) is 83.9 Å². The number of aryl methyl sites for hydroxylation is 1. The summed E-state index contributed by atoms with van der Waals surface area (Å²) in [5.41, 5.74) is 4.38. The second kappa shape index (κ2) is 9.23. The molecule has 1 saturated heterocycles. The van der Waals surface area contributed by atoms with Crippen LogP contribution >= 0.6 is 0 Å². The summed E-state index contributed by atoms with van der Waals surface area (Å²) in [5.74, 6) is 0.0234. The van der Waals surface area contributed by atoms with Crippen molar-refractivity contribution >= 4 is 15.8 Å². The lowest BCUT2D eigenvalue weighted by atomic mass is 9.89. The zero-order chi connectivity index (χ0) is 22.7. The van der Waals surface area contributed by atoms with Gasteiger partial charge in [0, 0.05) is 24.2 Å². The Labute approximate surface area is 190 Å². The third-order valence-electron chi connectivity index (χ3n) is 6.10. The largest absolute Gasteiger partial charge is 0.289 e. The maximum absolute atomic E-state index is 13.2. The van der Waals surface area contributed by atoms with Gasteiger partial charge >= 0.3 is 0 Å². The molecule has 0 aliphatic carbocycles. The molecular weight excluding hydrogens is 418 g/mol. The second-order valence-electron chi connectivity index (χ2n) is 8.23. The number of nitrogens with zero attached hydrogens (tertiary/aromatic N) is 1. The highest BCUT2D eigenvalue weighted by molar-refractivity contribution is 7.89. The summed E-state index contributed by atoms with van der Waals surface area (Å²) in [6, 6.07) is 23.9. The van der Waals surface area contributed by atoms with Gasteiger partial charge in [-0.2, -0.15) is 4.31 Å². The summed E-state index contributed by atoms with van der Waals surface area (Å²) >= 11 is 0. The van der Waals surface area contributed by atoms with Crippen molar-refractivity contribution in [2.75, 3.05) is 13.1 Å². The molecule has 4 rings (SSSR count). The van der Waals surface area contributed by atoms with E-state index in [4.69, 9.17) is 0 Å². The van der Waals surface area contributed by atoms with Gasteiger partial charge < -0.3 is 0 Å². The van der Waals surface area contributed by atoms with Crippen molar-refractivity contribution in [1.29, 1.82) is 0 Å². The Bertz CT molecular complexity index is 1250. The standard InChI is InChI=1S/C27H27NO3S/c1-3-21-18-28(32(30,31)25-15-13-20(2)14-16-25)19-24(21)17-23-11-7-8-12-26(23)27(29)22-9-5-4-6-10-22/h3-16,24H,17-19H2,1-2H3/b21-3+/t24-/m0/s1. The molecule has 0 bridgehead atoms. The van der Waals surface area contributed by atoms with E-state index in [0.717, 1.165) is 16.7 Å². The molecule has 0 amide bonds. The maximum Gasteiger partial charge on any atom is 0.243 e. The lowest BCUT2D eigenvalue weighted by molar-refractivity contribution is 0.103. The molecule has 3 aromatic carbocycles. The molecule has 32 heavy (non-hydrogen) atoms. The van der Waals surface area contributed by atoms with E-state index in [2.05, 4.69) is 0 Å². The van der Waals surface area contributed by atoms with E-state index in [1.54, 1.807) is 16.4 Å². The van der Waals surface area contributed by atoms with E-state index in [1.165, 1.54) is 0 Å². The number of ketones is 1. The molecule has 1 heterocycles. The third kappa shape index (κ3) is 4.45. The molecule has 1 aliphatic heterocycles. The topological polar surface area (TPSA) is 54.5 Å². The first-order valence-electron chi connectivity index (χ1n) is 10.8. The van der Waals surface area contributed by atoms with Gasteiger partial charge in [-0.05, 0) is 43.9 Å². The van der Waals surface area contributed by atoms with Gasteiger partial charge in [-0.25, -0.2) is 8.42 Å². The lowest BCUT2D eigenvalue weighted by Gasteiger charge is -2.17. The number of rotatable bonds is 6. The first-order chi connectivity index (χ1) is 15.4. The van der Waals surface area contributed by atoms with Crippen molar-refractivity contribution in [1.82, 2.24) is 4.31 Å². The summed E-state index contributed by atoms with van der Waals surface area (Å²) in [4.78, 5) is 13.4. The number of carbonyl (C=O) groups is 1. The number of carbonyl (C=O) groups excluding carboxylic acids is 1. The number of hydrogen-bond donors (Lipinski definition) is 0. The Morgan fingerprint density at radius 2 is 1.62 bits per heavy atom. The average Bonchev–Trinajstić information content (AvgIpc) is 3.23. The van der Waals surface area contributed by atoms with Gasteiger partial charge in [0.1, 0.15) is 0 Å². The first kappa shape index (κ1) is 22.2. The summed E-state index contributed by atoms with van der Waals surface area (Å²) in [5, 5.41) is 0. The third-order valence-corrected chi connectivity index (χ3v) is 7.93. The van der Waals surface area contributed by atoms with Crippen LogP contribution in [0, 0.1) is 12.8 Å². The zero-order valence-corrected chi connectivity index (χ0v) is 19.2. The molecule has 0 N–H and O–H groups in total. The summed E-state index contributed by atoms with van der Waals surface area (Å²) in [7, 11) is -3.57. The van der Waals surface area contributed by atoms with Gasteiger partial charge in [0.2, 0.25) is 10.0 Å². The van der Waals surface area contributed by atoms with Gasteiger partial charge in [-0.15, -0.1) is 0 Å². The lowest BCUT2D eigenvalue weighted by Crippen LogP contribution is -2.29. The highest BCUT2D eigenvalue weighted by atomic mass is 32.2. The van der Waals surface area contributed by atoms with E-state index < -0.39 is 10.0 Å². The van der Waals surface area contributed by atoms with Crippen LogP contribution in [-0.4, -0.2) is 31.6 Å². The molecule has 0 aromatic heterocycles. The number of hydrogen-bond acceptors (Lipinski definition) is 3. The van der Waals surface area contributed by atoms with Crippen LogP contribution in [0.15, 0.2) is 95.4 Å². The summed E-state index contributed by atoms with van der Waals surface area (Å²) in [6.45, 7) is 4.68. The SMILES string of the molecule is C/C=C1\CN(S(=O)(=O)c2ccc(C)cc2)C[C@@H]1Cc1ccccc1C(=O)c1ccccc1. The molecule has 3 aromatic rings. The van der Waals surface area contributed by atoms with Gasteiger partial charge in [0.15, 0.2) is 5.78 Å². The predicted molar refractivity (Wildman–Crippen MR) is 127 cm³/mol. The molecule has 164 valence electrons. The van der Waals surface area contributed by atoms with Crippen molar-refractivity contribution in [3.8, 4) is 0 Å². The Hall–Kier alpha value is -3.02. The smallest absolute Gasteiger partial charge is 0.243 e. The summed E-state index contributed by atoms with van der Waals surface area (Å²) < 4.78 is 28.0. The highest BCUT2D eigenvalue weighted by Gasteiger charge is 2.35. The number of benzene rings is 3. The molecule has 1 aliphatic rings. The van der Waals surface area contributed by atoms with E-state index >= 15 is 0 Å². The molecule has 0 unspecified atom stereocenters. The minimum atomic E-state index is -3.57. The van der Waals surface area contributed by atoms with E-state index in [0.29, 0.717) is 35.5 Å². The fourth-order valence-electron chi connectivity index (χ4n) is 4.26. The van der Waals surface area contributed by atoms with Gasteiger partial charge in [0.25, 0.3) is 0 Å². The normalized spacial score (nSPS) is 18.2. The minimum Gasteiger partial charge on any atom is -0.289 e. The molecule has 1 atom stereocenters. The van der Waals surface area contributed by atoms with E-state index in [1.807, 2.05) is 86.7 Å². The first-order valence-corrected chi connectivity index (χ1v) is 12.2. The average molecular weight is 446 g/mol. The molecule has 5 heteroatoms. The van der Waals surface area contributed by atoms with Crippen molar-refractivity contribution in [3.05, 3.63) is 113 Å². The van der Waals surface area contributed by atoms with E-state index in [-0.39, 0.29) is 11.7 Å². The van der Waals surface area contributed by atoms with Crippen LogP contribution < -0.4 is 0 Å². The summed E-state index contributed by atoms with van der Waals surface area (Å²) in [6.07, 6.45) is 2.63. The Kier molecular flexibility index (Phi) is 6.40. The number of allylic oxidation sites excluding steroid dienone is 1. The van der Waals surface area contributed by atoms with Crippen LogP contribution in [0.2, 0.25) is 0 Å². The van der Waals surface area contributed by atoms with Crippen molar-refractivity contribution < 1.29 is 13.2 Å². The van der Waals surface area contributed by atoms with Crippen molar-refractivity contribution in [2.24, 2.45) is 5.92 Å². The van der Waals surface area contributed by atoms with Crippen LogP contribution in [0.25, 0.3) is 0 Å². The monoisotopic (exact) mass is 445 g/mol. The molecule has 0 radical (unpaired) electrons. The molecule has 1 fully saturated rings. The molecule has 0 spiro atoms. The van der Waals surface area contributed by atoms with Crippen molar-refractivity contribution in [2.45, 2.75) is 25.2 Å². The fourth-order valence-corrected chi connectivity index (χ4v) is 5.73. The van der Waals surface area contributed by atoms with Crippen LogP contribution in [0.3, 0.4) is 0 Å².